The molecule has 2 aromatic carbocycles. The highest BCUT2D eigenvalue weighted by molar-refractivity contribution is 5.77. The van der Waals surface area contributed by atoms with Crippen molar-refractivity contribution in [3.63, 3.8) is 0 Å². The lowest BCUT2D eigenvalue weighted by Gasteiger charge is -2.28. The molecule has 1 aliphatic rings. The van der Waals surface area contributed by atoms with Crippen LogP contribution < -0.4 is 5.73 Å². The molecule has 2 heterocycles. The molecule has 4 rings (SSSR count). The third-order valence-electron chi connectivity index (χ3n) is 5.26. The molecule has 0 aliphatic carbocycles. The molecule has 32 heavy (non-hydrogen) atoms. The van der Waals surface area contributed by atoms with Crippen LogP contribution in [-0.2, 0) is 24.2 Å². The second-order valence-corrected chi connectivity index (χ2v) is 7.63. The molecule has 0 saturated heterocycles. The van der Waals surface area contributed by atoms with Crippen LogP contribution in [0.1, 0.15) is 23.4 Å². The summed E-state index contributed by atoms with van der Waals surface area (Å²) < 4.78 is 53.5. The Morgan fingerprint density at radius 3 is 2.47 bits per heavy atom. The lowest BCUT2D eigenvalue weighted by molar-refractivity contribution is -0.132. The van der Waals surface area contributed by atoms with Crippen LogP contribution in [0.3, 0.4) is 0 Å². The van der Waals surface area contributed by atoms with Gasteiger partial charge in [0.05, 0.1) is 17.9 Å². The van der Waals surface area contributed by atoms with E-state index in [0.717, 1.165) is 6.07 Å². The minimum atomic E-state index is -1.28. The fraction of sp³-hybridized carbons (Fsp3) is 0.273. The average molecular weight is 445 g/mol. The first-order valence-corrected chi connectivity index (χ1v) is 9.95. The summed E-state index contributed by atoms with van der Waals surface area (Å²) in [6.07, 6.45) is 0.243. The van der Waals surface area contributed by atoms with E-state index in [4.69, 9.17) is 5.73 Å². The van der Waals surface area contributed by atoms with E-state index in [9.17, 15) is 22.4 Å². The predicted octanol–water partition coefficient (Wildman–Crippen LogP) is 2.94. The Morgan fingerprint density at radius 2 is 1.72 bits per heavy atom. The number of carbonyl (C=O) groups excluding carboxylic acids is 1. The predicted molar refractivity (Wildman–Crippen MR) is 107 cm³/mol. The summed E-state index contributed by atoms with van der Waals surface area (Å²) in [7, 11) is 0. The molecule has 10 heteroatoms. The van der Waals surface area contributed by atoms with Crippen molar-refractivity contribution in [1.82, 2.24) is 20.1 Å². The maximum absolute atomic E-state index is 13.8. The average Bonchev–Trinajstić information content (AvgIpc) is 2.77. The fourth-order valence-corrected chi connectivity index (χ4v) is 3.56. The summed E-state index contributed by atoms with van der Waals surface area (Å²) >= 11 is 0. The topological polar surface area (TPSA) is 85.0 Å². The van der Waals surface area contributed by atoms with Crippen molar-refractivity contribution < 1.29 is 22.4 Å². The number of aromatic nitrogens is 3. The zero-order valence-corrected chi connectivity index (χ0v) is 16.9. The van der Waals surface area contributed by atoms with Crippen molar-refractivity contribution in [1.29, 1.82) is 0 Å². The third-order valence-corrected chi connectivity index (χ3v) is 5.26. The summed E-state index contributed by atoms with van der Waals surface area (Å²) in [6.45, 7) is 0.592. The molecule has 2 N–H and O–H groups in total. The molecule has 166 valence electrons. The SMILES string of the molecule is N[C@@H](CC(=O)N1CCc2nnc(-c3ccc(F)cc3)nc2C1)Cc1cc(F)c(F)cc1F. The van der Waals surface area contributed by atoms with Crippen LogP contribution in [0.4, 0.5) is 17.6 Å². The number of nitrogens with zero attached hydrogens (tertiary/aromatic N) is 4. The summed E-state index contributed by atoms with van der Waals surface area (Å²) in [5.74, 6) is -3.68. The first-order valence-electron chi connectivity index (χ1n) is 9.95. The van der Waals surface area contributed by atoms with Crippen LogP contribution in [0.15, 0.2) is 36.4 Å². The van der Waals surface area contributed by atoms with Gasteiger partial charge in [0.1, 0.15) is 11.6 Å². The van der Waals surface area contributed by atoms with Gasteiger partial charge in [-0.05, 0) is 42.3 Å². The quantitative estimate of drug-likeness (QED) is 0.482. The van der Waals surface area contributed by atoms with Crippen molar-refractivity contribution in [3.05, 3.63) is 76.6 Å². The van der Waals surface area contributed by atoms with E-state index in [1.54, 1.807) is 17.0 Å². The Kier molecular flexibility index (Phi) is 6.13. The Bertz CT molecular complexity index is 1160. The van der Waals surface area contributed by atoms with E-state index < -0.39 is 23.5 Å². The van der Waals surface area contributed by atoms with E-state index in [1.807, 2.05) is 0 Å². The van der Waals surface area contributed by atoms with Gasteiger partial charge in [-0.1, -0.05) is 0 Å². The van der Waals surface area contributed by atoms with Crippen molar-refractivity contribution >= 4 is 5.91 Å². The van der Waals surface area contributed by atoms with Gasteiger partial charge in [-0.3, -0.25) is 4.79 Å². The highest BCUT2D eigenvalue weighted by Crippen LogP contribution is 2.21. The van der Waals surface area contributed by atoms with Gasteiger partial charge in [0.2, 0.25) is 5.91 Å². The third kappa shape index (κ3) is 4.75. The summed E-state index contributed by atoms with van der Waals surface area (Å²) in [4.78, 5) is 18.8. The van der Waals surface area contributed by atoms with Gasteiger partial charge in [0.25, 0.3) is 0 Å². The molecule has 1 amide bonds. The van der Waals surface area contributed by atoms with Crippen LogP contribution in [-0.4, -0.2) is 38.6 Å². The monoisotopic (exact) mass is 445 g/mol. The second-order valence-electron chi connectivity index (χ2n) is 7.63. The Morgan fingerprint density at radius 1 is 1.00 bits per heavy atom. The van der Waals surface area contributed by atoms with Gasteiger partial charge < -0.3 is 10.6 Å². The number of hydrogen-bond donors (Lipinski definition) is 1. The van der Waals surface area contributed by atoms with E-state index >= 15 is 0 Å². The Labute approximate surface area is 181 Å². The molecule has 1 aromatic heterocycles. The van der Waals surface area contributed by atoms with E-state index in [0.29, 0.717) is 41.8 Å². The first kappa shape index (κ1) is 21.8. The molecule has 0 saturated carbocycles. The Hall–Kier alpha value is -3.40. The van der Waals surface area contributed by atoms with Crippen LogP contribution >= 0.6 is 0 Å². The van der Waals surface area contributed by atoms with Crippen LogP contribution in [0.2, 0.25) is 0 Å². The summed E-state index contributed by atoms with van der Waals surface area (Å²) in [5, 5.41) is 8.26. The number of rotatable bonds is 5. The van der Waals surface area contributed by atoms with Crippen LogP contribution in [0.25, 0.3) is 11.4 Å². The smallest absolute Gasteiger partial charge is 0.224 e. The number of benzene rings is 2. The molecule has 0 spiro atoms. The van der Waals surface area contributed by atoms with Crippen molar-refractivity contribution in [2.45, 2.75) is 31.8 Å². The van der Waals surface area contributed by atoms with E-state index in [2.05, 4.69) is 15.2 Å². The van der Waals surface area contributed by atoms with Crippen LogP contribution in [0, 0.1) is 23.3 Å². The molecule has 0 unspecified atom stereocenters. The number of carbonyl (C=O) groups is 1. The van der Waals surface area contributed by atoms with Crippen molar-refractivity contribution in [2.24, 2.45) is 5.73 Å². The lowest BCUT2D eigenvalue weighted by Crippen LogP contribution is -2.40. The lowest BCUT2D eigenvalue weighted by atomic mass is 10.0. The number of nitrogens with two attached hydrogens (primary N) is 1. The zero-order valence-electron chi connectivity index (χ0n) is 16.9. The van der Waals surface area contributed by atoms with Gasteiger partial charge in [-0.2, -0.15) is 5.10 Å². The largest absolute Gasteiger partial charge is 0.336 e. The molecule has 3 aromatic rings. The minimum Gasteiger partial charge on any atom is -0.336 e. The minimum absolute atomic E-state index is 0.0888. The fourth-order valence-electron chi connectivity index (χ4n) is 3.56. The van der Waals surface area contributed by atoms with Gasteiger partial charge in [-0.15, -0.1) is 5.10 Å². The molecule has 0 bridgehead atoms. The number of amides is 1. The highest BCUT2D eigenvalue weighted by atomic mass is 19.2. The van der Waals surface area contributed by atoms with Crippen LogP contribution in [0.5, 0.6) is 0 Å². The van der Waals surface area contributed by atoms with Gasteiger partial charge >= 0.3 is 0 Å². The summed E-state index contributed by atoms with van der Waals surface area (Å²) in [6, 6.07) is 6.12. The molecule has 0 radical (unpaired) electrons. The van der Waals surface area contributed by atoms with Gasteiger partial charge in [-0.25, -0.2) is 22.5 Å². The maximum Gasteiger partial charge on any atom is 0.224 e. The molecular formula is C22H19F4N5O. The molecule has 1 atom stereocenters. The molecule has 6 nitrogen and oxygen atoms in total. The first-order chi connectivity index (χ1) is 15.3. The van der Waals surface area contributed by atoms with Crippen molar-refractivity contribution in [2.75, 3.05) is 6.54 Å². The Balaban J connectivity index is 1.42. The molecular weight excluding hydrogens is 426 g/mol. The number of fused-ring (bicyclic) bond motifs is 1. The van der Waals surface area contributed by atoms with E-state index in [-0.39, 0.29) is 36.7 Å². The van der Waals surface area contributed by atoms with Gasteiger partial charge in [0, 0.05) is 37.1 Å². The molecule has 1 aliphatic heterocycles. The highest BCUT2D eigenvalue weighted by Gasteiger charge is 2.25. The van der Waals surface area contributed by atoms with Crippen molar-refractivity contribution in [3.8, 4) is 11.4 Å². The van der Waals surface area contributed by atoms with E-state index in [1.165, 1.54) is 12.1 Å². The van der Waals surface area contributed by atoms with Gasteiger partial charge in [0.15, 0.2) is 17.5 Å². The standard InChI is InChI=1S/C22H19F4N5O/c23-14-3-1-12(2-4-14)22-28-20-11-31(6-5-19(20)29-30-22)21(32)9-15(27)7-13-8-17(25)18(26)10-16(13)24/h1-4,8,10,15H,5-7,9,11,27H2/t15-/m1/s1. The second kappa shape index (κ2) is 8.99. The summed E-state index contributed by atoms with van der Waals surface area (Å²) in [5.41, 5.74) is 7.74. The maximum atomic E-state index is 13.8. The zero-order chi connectivity index (χ0) is 22.8. The normalized spacial score (nSPS) is 14.2. The molecule has 0 fully saturated rings. The number of halogens is 4. The number of hydrogen-bond acceptors (Lipinski definition) is 5.